The fourth-order valence-electron chi connectivity index (χ4n) is 7.34. The van der Waals surface area contributed by atoms with Crippen LogP contribution in [-0.4, -0.2) is 84.4 Å². The second kappa shape index (κ2) is 12.8. The van der Waals surface area contributed by atoms with E-state index in [1.165, 1.54) is 17.7 Å². The normalized spacial score (nSPS) is 24.9. The zero-order chi connectivity index (χ0) is 37.1. The molecule has 3 aliphatic rings. The summed E-state index contributed by atoms with van der Waals surface area (Å²) in [7, 11) is 0. The van der Waals surface area contributed by atoms with Gasteiger partial charge in [-0.25, -0.2) is 4.79 Å². The van der Waals surface area contributed by atoms with Gasteiger partial charge in [0.2, 0.25) is 12.0 Å². The molecule has 1 spiro atoms. The average molecular weight is 717 g/mol. The van der Waals surface area contributed by atoms with Gasteiger partial charge >= 0.3 is 5.97 Å². The number of rotatable bonds is 7. The molecule has 1 saturated carbocycles. The minimum Gasteiger partial charge on any atom is -0.508 e. The van der Waals surface area contributed by atoms with Crippen LogP contribution < -0.4 is 26.9 Å². The molecule has 4 aromatic rings. The summed E-state index contributed by atoms with van der Waals surface area (Å²) in [5.74, 6) is -4.93. The Kier molecular flexibility index (Phi) is 8.49. The Bertz CT molecular complexity index is 2210. The van der Waals surface area contributed by atoms with Crippen LogP contribution in [0.15, 0.2) is 68.8 Å². The second-order valence-corrected chi connectivity index (χ2v) is 13.2. The highest BCUT2D eigenvalue weighted by Gasteiger charge is 2.58. The van der Waals surface area contributed by atoms with Crippen molar-refractivity contribution in [1.29, 1.82) is 0 Å². The van der Waals surface area contributed by atoms with Gasteiger partial charge in [-0.2, -0.15) is 0 Å². The molecule has 5 atom stereocenters. The first-order valence-corrected chi connectivity index (χ1v) is 16.4. The summed E-state index contributed by atoms with van der Waals surface area (Å²) in [6.45, 7) is -0.870. The molecule has 7 rings (SSSR count). The minimum absolute atomic E-state index is 0.0141. The third-order valence-electron chi connectivity index (χ3n) is 9.95. The number of nitrogens with two attached hydrogens (primary N) is 2. The van der Waals surface area contributed by atoms with Crippen LogP contribution in [-0.2, 0) is 15.1 Å². The molecular formula is C36H36N4O12. The Morgan fingerprint density at radius 2 is 1.71 bits per heavy atom. The van der Waals surface area contributed by atoms with E-state index in [4.69, 9.17) is 25.4 Å². The zero-order valence-electron chi connectivity index (χ0n) is 27.4. The van der Waals surface area contributed by atoms with E-state index in [1.54, 1.807) is 6.07 Å². The number of phenolic OH excluding ortho intramolecular Hbond substituents is 3. The number of aromatic hydroxyl groups is 3. The number of hydrogen-bond donors (Lipinski definition) is 10. The van der Waals surface area contributed by atoms with E-state index in [1.807, 2.05) is 24.3 Å². The molecule has 16 nitrogen and oxygen atoms in total. The summed E-state index contributed by atoms with van der Waals surface area (Å²) in [4.78, 5) is 29.0. The number of aliphatic hydroxyl groups is 3. The lowest BCUT2D eigenvalue weighted by Crippen LogP contribution is -2.70. The lowest BCUT2D eigenvalue weighted by molar-refractivity contribution is -0.303. The number of guanidine groups is 1. The van der Waals surface area contributed by atoms with Gasteiger partial charge in [-0.05, 0) is 48.2 Å². The van der Waals surface area contributed by atoms with Crippen molar-refractivity contribution < 1.29 is 54.4 Å². The summed E-state index contributed by atoms with van der Waals surface area (Å²) in [5, 5.41) is 78.1. The zero-order valence-corrected chi connectivity index (χ0v) is 27.4. The van der Waals surface area contributed by atoms with E-state index in [0.717, 1.165) is 43.4 Å². The Hall–Kier alpha value is -5.81. The predicted molar refractivity (Wildman–Crippen MR) is 185 cm³/mol. The molecule has 0 bridgehead atoms. The van der Waals surface area contributed by atoms with E-state index in [-0.39, 0.29) is 22.6 Å². The number of aliphatic hydroxyl groups excluding tert-OH is 2. The molecule has 1 saturated heterocycles. The van der Waals surface area contributed by atoms with Crippen molar-refractivity contribution in [2.24, 2.45) is 16.5 Å². The molecule has 1 aliphatic carbocycles. The van der Waals surface area contributed by atoms with Gasteiger partial charge in [-0.15, -0.1) is 0 Å². The van der Waals surface area contributed by atoms with Crippen LogP contribution in [0.1, 0.15) is 42.4 Å². The number of benzene rings is 3. The standard InChI is InChI=1S/C36H36N4O12/c37-34(38)39-15-36(49)30(45)29(32(47)48)52-33(31(36)46)51-25-14-24-26(28(44)27(25)43)22(42)13-23(50-24)18-8-7-17(41)12-19(18)21-11-16-5-1-2-6-20(16)35(40-21)9-3-4-10-35/h1-2,5-8,11-14,29-31,33,40-41,43-46,49H,3-4,9-10,15H2,(H,47,48)(H4,37,38,39)/t29-,30+,31-,33+,36-/m0/s1. The van der Waals surface area contributed by atoms with Crippen LogP contribution in [0.25, 0.3) is 34.1 Å². The third-order valence-corrected chi connectivity index (χ3v) is 9.95. The fourth-order valence-corrected chi connectivity index (χ4v) is 7.34. The number of carbonyl (C=O) groups is 1. The Labute approximate surface area is 294 Å². The SMILES string of the molecule is NC(N)=NC[C@]1(O)[C@H](O)[C@@H](C(=O)O)O[C@@H](Oc2cc3oc(-c4ccc(O)cc4C4=Cc5ccccc5C5(CCCC5)N4)cc(=O)c3c(O)c2O)[C@@H]1O. The molecule has 16 heteroatoms. The van der Waals surface area contributed by atoms with Gasteiger partial charge in [-0.1, -0.05) is 37.1 Å². The number of ether oxygens (including phenoxy) is 2. The lowest BCUT2D eigenvalue weighted by atomic mass is 9.80. The summed E-state index contributed by atoms with van der Waals surface area (Å²) < 4.78 is 17.0. The summed E-state index contributed by atoms with van der Waals surface area (Å²) in [6, 6.07) is 14.7. The monoisotopic (exact) mass is 716 g/mol. The molecule has 2 fully saturated rings. The van der Waals surface area contributed by atoms with E-state index < -0.39 is 76.7 Å². The van der Waals surface area contributed by atoms with Crippen molar-refractivity contribution in [3.8, 4) is 34.3 Å². The molecule has 1 aromatic heterocycles. The first-order chi connectivity index (χ1) is 24.7. The maximum absolute atomic E-state index is 13.5. The van der Waals surface area contributed by atoms with Crippen molar-refractivity contribution >= 4 is 34.7 Å². The highest BCUT2D eigenvalue weighted by Crippen LogP contribution is 2.47. The van der Waals surface area contributed by atoms with Crippen LogP contribution in [0.3, 0.4) is 0 Å². The highest BCUT2D eigenvalue weighted by molar-refractivity contribution is 5.93. The van der Waals surface area contributed by atoms with Gasteiger partial charge in [0.15, 0.2) is 29.0 Å². The molecule has 272 valence electrons. The van der Waals surface area contributed by atoms with Crippen LogP contribution >= 0.6 is 0 Å². The number of fused-ring (bicyclic) bond motifs is 3. The number of carboxylic acids is 1. The third kappa shape index (κ3) is 5.71. The molecule has 2 aliphatic heterocycles. The smallest absolute Gasteiger partial charge is 0.335 e. The van der Waals surface area contributed by atoms with Crippen molar-refractivity contribution in [3.05, 3.63) is 81.5 Å². The number of aliphatic carboxylic acids is 1. The van der Waals surface area contributed by atoms with Gasteiger partial charge in [-0.3, -0.25) is 9.79 Å². The van der Waals surface area contributed by atoms with Crippen LogP contribution in [0.5, 0.6) is 23.0 Å². The maximum Gasteiger partial charge on any atom is 0.335 e. The van der Waals surface area contributed by atoms with Gasteiger partial charge in [0.1, 0.15) is 40.3 Å². The molecule has 0 radical (unpaired) electrons. The Morgan fingerprint density at radius 3 is 2.42 bits per heavy atom. The molecule has 12 N–H and O–H groups in total. The number of nitrogens with one attached hydrogen (secondary N) is 1. The summed E-state index contributed by atoms with van der Waals surface area (Å²) in [6.07, 6.45) is -2.94. The Morgan fingerprint density at radius 1 is 0.981 bits per heavy atom. The molecule has 3 heterocycles. The number of hydrogen-bond acceptors (Lipinski definition) is 13. The summed E-state index contributed by atoms with van der Waals surface area (Å²) in [5.41, 5.74) is 10.3. The lowest BCUT2D eigenvalue weighted by Gasteiger charge is -2.45. The van der Waals surface area contributed by atoms with Crippen LogP contribution in [0, 0.1) is 0 Å². The van der Waals surface area contributed by atoms with E-state index >= 15 is 0 Å². The minimum atomic E-state index is -2.72. The van der Waals surface area contributed by atoms with E-state index in [2.05, 4.69) is 16.4 Å². The van der Waals surface area contributed by atoms with Gasteiger partial charge < -0.3 is 66.4 Å². The molecule has 52 heavy (non-hydrogen) atoms. The van der Waals surface area contributed by atoms with Crippen molar-refractivity contribution in [1.82, 2.24) is 5.32 Å². The van der Waals surface area contributed by atoms with Crippen molar-refractivity contribution in [2.75, 3.05) is 6.54 Å². The summed E-state index contributed by atoms with van der Waals surface area (Å²) >= 11 is 0. The van der Waals surface area contributed by atoms with E-state index in [9.17, 15) is 45.3 Å². The first kappa shape index (κ1) is 34.6. The van der Waals surface area contributed by atoms with Gasteiger partial charge in [0.25, 0.3) is 0 Å². The van der Waals surface area contributed by atoms with Crippen LogP contribution in [0.2, 0.25) is 0 Å². The number of nitrogens with zero attached hydrogens (tertiary/aromatic N) is 1. The second-order valence-electron chi connectivity index (χ2n) is 13.2. The average Bonchev–Trinajstić information content (AvgIpc) is 3.57. The number of aliphatic imine (C=N–C) groups is 1. The van der Waals surface area contributed by atoms with E-state index in [0.29, 0.717) is 16.8 Å². The quantitative estimate of drug-likeness (QED) is 0.0734. The molecule has 3 aromatic carbocycles. The highest BCUT2D eigenvalue weighted by atomic mass is 16.7. The predicted octanol–water partition coefficient (Wildman–Crippen LogP) is 1.36. The number of phenols is 3. The largest absolute Gasteiger partial charge is 0.508 e. The van der Waals surface area contributed by atoms with Gasteiger partial charge in [0.05, 0.1) is 12.1 Å². The topological polar surface area (TPSA) is 284 Å². The molecular weight excluding hydrogens is 680 g/mol. The van der Waals surface area contributed by atoms with Crippen molar-refractivity contribution in [3.63, 3.8) is 0 Å². The fraction of sp³-hybridized carbons (Fsp3) is 0.306. The number of carboxylic acid groups (broad SMARTS) is 1. The van der Waals surface area contributed by atoms with Crippen molar-refractivity contribution in [2.45, 2.75) is 61.4 Å². The first-order valence-electron chi connectivity index (χ1n) is 16.4. The maximum atomic E-state index is 13.5. The van der Waals surface area contributed by atoms with Crippen LogP contribution in [0.4, 0.5) is 0 Å². The van der Waals surface area contributed by atoms with Gasteiger partial charge in [0, 0.05) is 29.0 Å². The Balaban J connectivity index is 1.31. The molecule has 0 unspecified atom stereocenters. The molecule has 0 amide bonds.